The third-order valence-corrected chi connectivity index (χ3v) is 4.78. The van der Waals surface area contributed by atoms with Gasteiger partial charge >= 0.3 is 0 Å². The van der Waals surface area contributed by atoms with E-state index in [9.17, 15) is 0 Å². The lowest BCUT2D eigenvalue weighted by atomic mass is 9.99. The Morgan fingerprint density at radius 2 is 1.50 bits per heavy atom. The molecule has 2 fully saturated rings. The van der Waals surface area contributed by atoms with Crippen molar-refractivity contribution in [1.29, 1.82) is 0 Å². The van der Waals surface area contributed by atoms with Gasteiger partial charge < -0.3 is 9.80 Å². The molecule has 2 rings (SSSR count). The predicted octanol–water partition coefficient (Wildman–Crippen LogP) is 5.00. The highest BCUT2D eigenvalue weighted by atomic mass is 15.2. The quantitative estimate of drug-likeness (QED) is 0.674. The lowest BCUT2D eigenvalue weighted by Gasteiger charge is -2.41. The predicted molar refractivity (Wildman–Crippen MR) is 99.1 cm³/mol. The van der Waals surface area contributed by atoms with E-state index in [1.807, 2.05) is 19.9 Å². The average molecular weight is 305 g/mol. The molecule has 2 aliphatic rings. The molecule has 0 saturated carbocycles. The number of allylic oxidation sites excluding steroid dienone is 5. The first-order chi connectivity index (χ1) is 10.7. The molecule has 2 heterocycles. The van der Waals surface area contributed by atoms with Crippen LogP contribution < -0.4 is 0 Å². The van der Waals surface area contributed by atoms with Gasteiger partial charge in [-0.3, -0.25) is 0 Å². The topological polar surface area (TPSA) is 6.48 Å². The Balaban J connectivity index is 0.00000116. The molecule has 0 atom stereocenters. The minimum atomic E-state index is 0.838. The molecule has 0 spiro atoms. The fourth-order valence-corrected chi connectivity index (χ4v) is 3.29. The van der Waals surface area contributed by atoms with Crippen LogP contribution in [0.5, 0.6) is 0 Å². The Hall–Kier alpha value is -1.02. The Labute approximate surface area is 138 Å². The molecule has 126 valence electrons. The van der Waals surface area contributed by atoms with Gasteiger partial charge in [-0.05, 0) is 58.7 Å². The minimum absolute atomic E-state index is 0.838. The Morgan fingerprint density at radius 3 is 2.05 bits per heavy atom. The zero-order valence-electron chi connectivity index (χ0n) is 15.3. The zero-order valence-corrected chi connectivity index (χ0v) is 15.3. The molecule has 0 bridgehead atoms. The highest BCUT2D eigenvalue weighted by Crippen LogP contribution is 2.22. The van der Waals surface area contributed by atoms with Gasteiger partial charge in [0.05, 0.1) is 0 Å². The Kier molecular flexibility index (Phi) is 9.22. The van der Waals surface area contributed by atoms with E-state index in [0.717, 1.165) is 6.04 Å². The molecule has 0 aromatic carbocycles. The second-order valence-electron chi connectivity index (χ2n) is 6.24. The van der Waals surface area contributed by atoms with Crippen LogP contribution in [-0.4, -0.2) is 42.0 Å². The summed E-state index contributed by atoms with van der Waals surface area (Å²) in [7, 11) is 0. The largest absolute Gasteiger partial charge is 0.375 e. The number of piperidine rings is 2. The summed E-state index contributed by atoms with van der Waals surface area (Å²) >= 11 is 0. The van der Waals surface area contributed by atoms with Gasteiger partial charge in [0.15, 0.2) is 0 Å². The van der Waals surface area contributed by atoms with Crippen LogP contribution in [0.15, 0.2) is 36.1 Å². The molecule has 2 saturated heterocycles. The van der Waals surface area contributed by atoms with Gasteiger partial charge in [-0.15, -0.1) is 0 Å². The van der Waals surface area contributed by atoms with Crippen LogP contribution in [0.3, 0.4) is 0 Å². The van der Waals surface area contributed by atoms with Crippen LogP contribution >= 0.6 is 0 Å². The summed E-state index contributed by atoms with van der Waals surface area (Å²) in [6, 6.07) is 0.838. The number of likely N-dealkylation sites (tertiary alicyclic amines) is 2. The first-order valence-electron chi connectivity index (χ1n) is 9.17. The van der Waals surface area contributed by atoms with Crippen molar-refractivity contribution in [3.8, 4) is 0 Å². The van der Waals surface area contributed by atoms with Gasteiger partial charge in [-0.1, -0.05) is 44.6 Å². The Morgan fingerprint density at radius 1 is 0.909 bits per heavy atom. The van der Waals surface area contributed by atoms with E-state index in [1.54, 1.807) is 0 Å². The normalized spacial score (nSPS) is 22.1. The molecule has 2 nitrogen and oxygen atoms in total. The summed E-state index contributed by atoms with van der Waals surface area (Å²) in [5.74, 6) is 0. The summed E-state index contributed by atoms with van der Waals surface area (Å²) in [4.78, 5) is 5.27. The van der Waals surface area contributed by atoms with Crippen LogP contribution in [0.1, 0.15) is 59.8 Å². The minimum Gasteiger partial charge on any atom is -0.375 e. The van der Waals surface area contributed by atoms with Gasteiger partial charge in [0, 0.05) is 24.8 Å². The molecule has 22 heavy (non-hydrogen) atoms. The molecular formula is C20H36N2. The average Bonchev–Trinajstić information content (AvgIpc) is 2.62. The van der Waals surface area contributed by atoms with Crippen LogP contribution in [-0.2, 0) is 0 Å². The number of nitrogens with zero attached hydrogens (tertiary/aromatic N) is 2. The highest BCUT2D eigenvalue weighted by molar-refractivity contribution is 5.22. The van der Waals surface area contributed by atoms with E-state index in [2.05, 4.69) is 42.4 Å². The maximum absolute atomic E-state index is 3.80. The highest BCUT2D eigenvalue weighted by Gasteiger charge is 2.25. The molecule has 0 radical (unpaired) electrons. The van der Waals surface area contributed by atoms with E-state index in [4.69, 9.17) is 0 Å². The van der Waals surface area contributed by atoms with Crippen molar-refractivity contribution in [2.75, 3.05) is 26.2 Å². The molecule has 0 amide bonds. The van der Waals surface area contributed by atoms with Gasteiger partial charge in [0.25, 0.3) is 0 Å². The van der Waals surface area contributed by atoms with E-state index in [1.165, 1.54) is 69.6 Å². The van der Waals surface area contributed by atoms with E-state index >= 15 is 0 Å². The second-order valence-corrected chi connectivity index (χ2v) is 6.24. The van der Waals surface area contributed by atoms with E-state index in [0.29, 0.717) is 0 Å². The Bertz CT molecular complexity index is 367. The van der Waals surface area contributed by atoms with E-state index in [-0.39, 0.29) is 0 Å². The summed E-state index contributed by atoms with van der Waals surface area (Å²) in [5, 5.41) is 0. The fraction of sp³-hybridized carbons (Fsp3) is 0.700. The summed E-state index contributed by atoms with van der Waals surface area (Å²) < 4.78 is 0. The maximum atomic E-state index is 3.80. The first-order valence-corrected chi connectivity index (χ1v) is 9.17. The molecular weight excluding hydrogens is 268 g/mol. The van der Waals surface area contributed by atoms with Crippen molar-refractivity contribution >= 4 is 0 Å². The van der Waals surface area contributed by atoms with Crippen molar-refractivity contribution < 1.29 is 0 Å². The maximum Gasteiger partial charge on any atom is 0.0189 e. The lowest BCUT2D eigenvalue weighted by molar-refractivity contribution is 0.105. The monoisotopic (exact) mass is 304 g/mol. The number of rotatable bonds is 4. The lowest BCUT2D eigenvalue weighted by Crippen LogP contribution is -2.46. The summed E-state index contributed by atoms with van der Waals surface area (Å²) in [6.45, 7) is 17.2. The zero-order chi connectivity index (χ0) is 16.4. The van der Waals surface area contributed by atoms with Crippen LogP contribution in [0, 0.1) is 0 Å². The van der Waals surface area contributed by atoms with E-state index < -0.39 is 0 Å². The molecule has 0 N–H and O–H groups in total. The van der Waals surface area contributed by atoms with Gasteiger partial charge in [-0.2, -0.15) is 0 Å². The van der Waals surface area contributed by atoms with Crippen LogP contribution in [0.25, 0.3) is 0 Å². The van der Waals surface area contributed by atoms with Crippen LogP contribution in [0.4, 0.5) is 0 Å². The molecule has 2 aliphatic heterocycles. The van der Waals surface area contributed by atoms with Crippen molar-refractivity contribution in [2.24, 2.45) is 0 Å². The number of hydrogen-bond donors (Lipinski definition) is 0. The van der Waals surface area contributed by atoms with Crippen molar-refractivity contribution in [2.45, 2.75) is 65.8 Å². The van der Waals surface area contributed by atoms with Crippen molar-refractivity contribution in [3.05, 3.63) is 36.1 Å². The first kappa shape index (κ1) is 19.0. The smallest absolute Gasteiger partial charge is 0.0189 e. The molecule has 0 aromatic rings. The van der Waals surface area contributed by atoms with Gasteiger partial charge in [0.1, 0.15) is 0 Å². The summed E-state index contributed by atoms with van der Waals surface area (Å²) in [5.41, 5.74) is 2.62. The molecule has 0 aromatic heterocycles. The van der Waals surface area contributed by atoms with Crippen LogP contribution in [0.2, 0.25) is 0 Å². The van der Waals surface area contributed by atoms with Crippen molar-refractivity contribution in [1.82, 2.24) is 9.80 Å². The summed E-state index contributed by atoms with van der Waals surface area (Å²) in [6.07, 6.45) is 13.2. The fourth-order valence-electron chi connectivity index (χ4n) is 3.29. The van der Waals surface area contributed by atoms with Gasteiger partial charge in [-0.25, -0.2) is 0 Å². The molecule has 2 heteroatoms. The van der Waals surface area contributed by atoms with Crippen molar-refractivity contribution in [3.63, 3.8) is 0 Å². The second kappa shape index (κ2) is 10.7. The standard InChI is InChI=1S/C18H30N2.C2H6/c1-4-16(2)8-9-17(3)19-14-10-18(11-15-19)20-12-6-5-7-13-20;1-2/h4,8-9,18H,1,5-7,10-15H2,2-3H3;1-2H3/b16-8-,17-9+;. The number of hydrogen-bond acceptors (Lipinski definition) is 2. The molecule has 0 aliphatic carbocycles. The van der Waals surface area contributed by atoms with Gasteiger partial charge in [0.2, 0.25) is 0 Å². The third-order valence-electron chi connectivity index (χ3n) is 4.78. The third kappa shape index (κ3) is 6.00. The molecule has 0 unspecified atom stereocenters. The SMILES string of the molecule is C=C/C(C)=C\C=C(/C)N1CCC(N2CCCCC2)CC1.CC.